The smallest absolute Gasteiger partial charge is 0.250 e. The molecule has 0 atom stereocenters. The van der Waals surface area contributed by atoms with E-state index in [2.05, 4.69) is 26.5 Å². The fourth-order valence-electron chi connectivity index (χ4n) is 2.37. The van der Waals surface area contributed by atoms with Crippen LogP contribution in [0.5, 0.6) is 5.75 Å². The normalized spacial score (nSPS) is 10.8. The number of rotatable bonds is 8. The first-order chi connectivity index (χ1) is 14.1. The van der Waals surface area contributed by atoms with E-state index in [0.717, 1.165) is 20.5 Å². The molecule has 0 aliphatic rings. The number of hydrazone groups is 1. The van der Waals surface area contributed by atoms with Crippen molar-refractivity contribution in [1.82, 2.24) is 5.43 Å². The molecule has 4 nitrogen and oxygen atoms in total. The van der Waals surface area contributed by atoms with E-state index < -0.39 is 0 Å². The molecule has 148 valence electrons. The van der Waals surface area contributed by atoms with E-state index in [-0.39, 0.29) is 11.7 Å². The van der Waals surface area contributed by atoms with Gasteiger partial charge in [0, 0.05) is 20.0 Å². The lowest BCUT2D eigenvalue weighted by atomic mass is 10.2. The number of carbonyl (C=O) groups excluding carboxylic acids is 1. The number of nitrogens with one attached hydrogen (secondary N) is 1. The SMILES string of the molecule is O=C(CSc1ccc(Cl)cc1)N/N=C/c1cc(Br)ccc1OCc1ccccc1. The maximum absolute atomic E-state index is 12.0. The Morgan fingerprint density at radius 2 is 1.86 bits per heavy atom. The molecule has 0 unspecified atom stereocenters. The van der Waals surface area contributed by atoms with Crippen molar-refractivity contribution in [2.75, 3.05) is 5.75 Å². The maximum atomic E-state index is 12.0. The number of carbonyl (C=O) groups is 1. The van der Waals surface area contributed by atoms with Gasteiger partial charge in [-0.3, -0.25) is 4.79 Å². The highest BCUT2D eigenvalue weighted by Crippen LogP contribution is 2.23. The Morgan fingerprint density at radius 1 is 1.10 bits per heavy atom. The van der Waals surface area contributed by atoms with Crippen LogP contribution in [0.2, 0.25) is 5.02 Å². The van der Waals surface area contributed by atoms with Crippen LogP contribution in [0.15, 0.2) is 87.3 Å². The van der Waals surface area contributed by atoms with Crippen molar-refractivity contribution in [3.8, 4) is 5.75 Å². The second-order valence-corrected chi connectivity index (χ2v) is 8.39. The Morgan fingerprint density at radius 3 is 2.62 bits per heavy atom. The molecule has 0 spiro atoms. The van der Waals surface area contributed by atoms with Crippen molar-refractivity contribution in [3.63, 3.8) is 0 Å². The molecule has 0 aliphatic carbocycles. The average Bonchev–Trinajstić information content (AvgIpc) is 2.73. The van der Waals surface area contributed by atoms with Gasteiger partial charge >= 0.3 is 0 Å². The van der Waals surface area contributed by atoms with Crippen molar-refractivity contribution in [1.29, 1.82) is 0 Å². The van der Waals surface area contributed by atoms with Gasteiger partial charge in [0.15, 0.2) is 0 Å². The van der Waals surface area contributed by atoms with Crippen LogP contribution in [-0.2, 0) is 11.4 Å². The Kier molecular flexibility index (Phi) is 8.16. The van der Waals surface area contributed by atoms with Gasteiger partial charge in [-0.25, -0.2) is 5.43 Å². The molecular weight excluding hydrogens is 472 g/mol. The van der Waals surface area contributed by atoms with Crippen LogP contribution in [0.4, 0.5) is 0 Å². The minimum atomic E-state index is -0.192. The summed E-state index contributed by atoms with van der Waals surface area (Å²) < 4.78 is 6.81. The Balaban J connectivity index is 1.55. The molecule has 0 saturated heterocycles. The van der Waals surface area contributed by atoms with Gasteiger partial charge in [0.25, 0.3) is 0 Å². The predicted octanol–water partition coefficient (Wildman–Crippen LogP) is 5.92. The lowest BCUT2D eigenvalue weighted by Gasteiger charge is -2.09. The molecule has 0 saturated carbocycles. The van der Waals surface area contributed by atoms with Crippen LogP contribution in [0.3, 0.4) is 0 Å². The van der Waals surface area contributed by atoms with Crippen molar-refractivity contribution < 1.29 is 9.53 Å². The number of hydrogen-bond acceptors (Lipinski definition) is 4. The van der Waals surface area contributed by atoms with Crippen LogP contribution in [0.1, 0.15) is 11.1 Å². The average molecular weight is 490 g/mol. The standard InChI is InChI=1S/C22H18BrClN2O2S/c23-18-6-11-21(28-14-16-4-2-1-3-5-16)17(12-18)13-25-26-22(27)15-29-20-9-7-19(24)8-10-20/h1-13H,14-15H2,(H,26,27)/b25-13+. The van der Waals surface area contributed by atoms with Gasteiger partial charge in [0.05, 0.1) is 12.0 Å². The lowest BCUT2D eigenvalue weighted by molar-refractivity contribution is -0.118. The summed E-state index contributed by atoms with van der Waals surface area (Å²) >= 11 is 10.7. The second kappa shape index (κ2) is 11.0. The van der Waals surface area contributed by atoms with Crippen LogP contribution < -0.4 is 10.2 Å². The van der Waals surface area contributed by atoms with Crippen molar-refractivity contribution in [3.05, 3.63) is 93.4 Å². The van der Waals surface area contributed by atoms with Gasteiger partial charge in [-0.2, -0.15) is 5.10 Å². The van der Waals surface area contributed by atoms with Crippen LogP contribution in [-0.4, -0.2) is 17.9 Å². The van der Waals surface area contributed by atoms with Gasteiger partial charge in [-0.05, 0) is 48.0 Å². The Labute approximate surface area is 187 Å². The Bertz CT molecular complexity index is 982. The predicted molar refractivity (Wildman–Crippen MR) is 123 cm³/mol. The van der Waals surface area contributed by atoms with E-state index >= 15 is 0 Å². The molecule has 1 amide bonds. The molecule has 0 aromatic heterocycles. The number of nitrogens with zero attached hydrogens (tertiary/aromatic N) is 1. The minimum absolute atomic E-state index is 0.192. The van der Waals surface area contributed by atoms with E-state index in [9.17, 15) is 4.79 Å². The molecule has 0 aliphatic heterocycles. The van der Waals surface area contributed by atoms with Crippen LogP contribution in [0, 0.1) is 0 Å². The summed E-state index contributed by atoms with van der Waals surface area (Å²) in [5, 5.41) is 4.73. The summed E-state index contributed by atoms with van der Waals surface area (Å²) in [5.74, 6) is 0.753. The summed E-state index contributed by atoms with van der Waals surface area (Å²) in [7, 11) is 0. The number of amides is 1. The van der Waals surface area contributed by atoms with Crippen LogP contribution >= 0.6 is 39.3 Å². The summed E-state index contributed by atoms with van der Waals surface area (Å²) in [6, 6.07) is 22.9. The zero-order valence-corrected chi connectivity index (χ0v) is 18.5. The van der Waals surface area contributed by atoms with Gasteiger partial charge in [0.1, 0.15) is 12.4 Å². The third kappa shape index (κ3) is 7.24. The third-order valence-electron chi connectivity index (χ3n) is 3.79. The largest absolute Gasteiger partial charge is 0.488 e. The molecule has 0 radical (unpaired) electrons. The molecule has 3 aromatic rings. The highest BCUT2D eigenvalue weighted by atomic mass is 79.9. The molecule has 29 heavy (non-hydrogen) atoms. The Hall–Kier alpha value is -2.28. The summed E-state index contributed by atoms with van der Waals surface area (Å²) in [6.07, 6.45) is 1.58. The van der Waals surface area contributed by atoms with E-state index in [0.29, 0.717) is 17.4 Å². The molecule has 0 fully saturated rings. The second-order valence-electron chi connectivity index (χ2n) is 5.99. The van der Waals surface area contributed by atoms with E-state index in [1.165, 1.54) is 11.8 Å². The highest BCUT2D eigenvalue weighted by molar-refractivity contribution is 9.10. The molecule has 0 bridgehead atoms. The molecular formula is C22H18BrClN2O2S. The topological polar surface area (TPSA) is 50.7 Å². The first-order valence-electron chi connectivity index (χ1n) is 8.77. The van der Waals surface area contributed by atoms with Crippen molar-refractivity contribution >= 4 is 51.4 Å². The fraction of sp³-hybridized carbons (Fsp3) is 0.0909. The highest BCUT2D eigenvalue weighted by Gasteiger charge is 2.05. The molecule has 3 aromatic carbocycles. The van der Waals surface area contributed by atoms with Gasteiger partial charge in [-0.1, -0.05) is 57.9 Å². The molecule has 3 rings (SSSR count). The molecule has 1 N–H and O–H groups in total. The zero-order chi connectivity index (χ0) is 20.5. The van der Waals surface area contributed by atoms with Crippen LogP contribution in [0.25, 0.3) is 0 Å². The molecule has 0 heterocycles. The quantitative estimate of drug-likeness (QED) is 0.243. The summed E-state index contributed by atoms with van der Waals surface area (Å²) in [4.78, 5) is 13.0. The number of ether oxygens (including phenoxy) is 1. The van der Waals surface area contributed by atoms with E-state index in [4.69, 9.17) is 16.3 Å². The van der Waals surface area contributed by atoms with Crippen molar-refractivity contribution in [2.45, 2.75) is 11.5 Å². The van der Waals surface area contributed by atoms with Gasteiger partial charge in [0.2, 0.25) is 5.91 Å². The zero-order valence-electron chi connectivity index (χ0n) is 15.3. The first kappa shape index (κ1) is 21.4. The number of thioether (sulfide) groups is 1. The number of benzene rings is 3. The van der Waals surface area contributed by atoms with Gasteiger partial charge < -0.3 is 4.74 Å². The summed E-state index contributed by atoms with van der Waals surface area (Å²) in [6.45, 7) is 0.452. The van der Waals surface area contributed by atoms with Crippen molar-refractivity contribution in [2.24, 2.45) is 5.10 Å². The lowest BCUT2D eigenvalue weighted by Crippen LogP contribution is -2.19. The molecule has 7 heteroatoms. The number of halogens is 2. The third-order valence-corrected chi connectivity index (χ3v) is 5.54. The van der Waals surface area contributed by atoms with E-state index in [1.807, 2.05) is 60.7 Å². The summed E-state index contributed by atoms with van der Waals surface area (Å²) in [5.41, 5.74) is 4.39. The van der Waals surface area contributed by atoms with E-state index in [1.54, 1.807) is 18.3 Å². The fourth-order valence-corrected chi connectivity index (χ4v) is 3.57. The maximum Gasteiger partial charge on any atom is 0.250 e. The minimum Gasteiger partial charge on any atom is -0.488 e. The number of hydrogen-bond donors (Lipinski definition) is 1. The first-order valence-corrected chi connectivity index (χ1v) is 10.9. The van der Waals surface area contributed by atoms with Gasteiger partial charge in [-0.15, -0.1) is 11.8 Å². The monoisotopic (exact) mass is 488 g/mol.